The predicted octanol–water partition coefficient (Wildman–Crippen LogP) is 6.83. The number of carbonyl (C=O) groups is 2. The zero-order chi connectivity index (χ0) is 32.2. The molecule has 0 aliphatic carbocycles. The Morgan fingerprint density at radius 3 is 1.45 bits per heavy atom. The fourth-order valence-corrected chi connectivity index (χ4v) is 4.66. The maximum absolute atomic E-state index is 12.0. The topological polar surface area (TPSA) is 112 Å². The minimum absolute atomic E-state index is 0.141. The van der Waals surface area contributed by atoms with Gasteiger partial charge >= 0.3 is 0 Å². The van der Waals surface area contributed by atoms with Crippen molar-refractivity contribution in [2.75, 3.05) is 52.7 Å². The molecule has 0 aromatic carbocycles. The van der Waals surface area contributed by atoms with Crippen LogP contribution in [0.4, 0.5) is 0 Å². The van der Waals surface area contributed by atoms with Crippen LogP contribution in [0, 0.1) is 11.8 Å². The monoisotopic (exact) mass is 624 g/mol. The lowest BCUT2D eigenvalue weighted by atomic mass is 10.1. The smallest absolute Gasteiger partial charge is 0.236 e. The van der Waals surface area contributed by atoms with Crippen molar-refractivity contribution in [3.05, 3.63) is 0 Å². The average molecular weight is 624 g/mol. The van der Waals surface area contributed by atoms with Gasteiger partial charge in [-0.3, -0.25) is 9.59 Å². The van der Waals surface area contributed by atoms with Crippen molar-refractivity contribution in [3.8, 4) is 11.8 Å². The molecule has 0 aliphatic rings. The number of rotatable bonds is 33. The molecule has 0 spiro atoms. The minimum Gasteiger partial charge on any atom is -0.379 e. The average Bonchev–Trinajstić information content (AvgIpc) is 3.01. The van der Waals surface area contributed by atoms with E-state index in [0.717, 1.165) is 38.5 Å². The molecule has 0 aromatic heterocycles. The van der Waals surface area contributed by atoms with Crippen LogP contribution in [-0.2, 0) is 23.8 Å². The molecular weight excluding hydrogens is 554 g/mol. The first-order valence-corrected chi connectivity index (χ1v) is 18.1. The lowest BCUT2D eigenvalue weighted by Gasteiger charge is -2.09. The molecule has 8 nitrogen and oxygen atoms in total. The van der Waals surface area contributed by atoms with Gasteiger partial charge in [0.15, 0.2) is 0 Å². The molecule has 1 atom stereocenters. The Bertz CT molecular complexity index is 693. The van der Waals surface area contributed by atoms with Crippen LogP contribution in [0.1, 0.15) is 149 Å². The van der Waals surface area contributed by atoms with Gasteiger partial charge in [-0.05, 0) is 39.0 Å². The van der Waals surface area contributed by atoms with E-state index in [1.807, 2.05) is 0 Å². The first-order chi connectivity index (χ1) is 21.6. The number of carbonyl (C=O) groups excluding carboxylic acids is 2. The summed E-state index contributed by atoms with van der Waals surface area (Å²) in [6.45, 7) is 8.41. The van der Waals surface area contributed by atoms with E-state index in [1.165, 1.54) is 89.9 Å². The van der Waals surface area contributed by atoms with Crippen molar-refractivity contribution < 1.29 is 23.8 Å². The van der Waals surface area contributed by atoms with Crippen LogP contribution < -0.4 is 16.4 Å². The summed E-state index contributed by atoms with van der Waals surface area (Å²) in [5.74, 6) is 6.71. The number of amides is 2. The summed E-state index contributed by atoms with van der Waals surface area (Å²) in [7, 11) is 0. The third-order valence-corrected chi connectivity index (χ3v) is 7.45. The Balaban J connectivity index is 3.24. The van der Waals surface area contributed by atoms with Crippen molar-refractivity contribution in [3.63, 3.8) is 0 Å². The lowest BCUT2D eigenvalue weighted by Crippen LogP contribution is -2.38. The summed E-state index contributed by atoms with van der Waals surface area (Å²) < 4.78 is 16.5. The Morgan fingerprint density at radius 1 is 0.568 bits per heavy atom. The predicted molar refractivity (Wildman–Crippen MR) is 183 cm³/mol. The molecular formula is C36H69N3O5. The molecule has 0 rings (SSSR count). The van der Waals surface area contributed by atoms with E-state index in [0.29, 0.717) is 59.2 Å². The standard InChI is InChI=1S/C36H69N3O5/c1-3-4-5-6-7-8-9-10-11-12-13-14-15-16-17-18-19-20-21-22-25-35(40)38-26-23-28-42-30-32-44-33-31-43-29-24-27-39-36(41)34(2)37/h34H,3-13,16-33,37H2,1-2H3,(H,38,40)(H,39,41). The van der Waals surface area contributed by atoms with Crippen molar-refractivity contribution in [1.82, 2.24) is 10.6 Å². The second-order valence-electron chi connectivity index (χ2n) is 11.9. The van der Waals surface area contributed by atoms with Crippen LogP contribution in [0.3, 0.4) is 0 Å². The highest BCUT2D eigenvalue weighted by Gasteiger charge is 2.05. The number of nitrogens with one attached hydrogen (secondary N) is 2. The number of hydrogen-bond donors (Lipinski definition) is 3. The molecule has 0 aromatic rings. The molecule has 8 heteroatoms. The molecule has 258 valence electrons. The van der Waals surface area contributed by atoms with Gasteiger partial charge in [0.2, 0.25) is 11.8 Å². The molecule has 0 bridgehead atoms. The summed E-state index contributed by atoms with van der Waals surface area (Å²) in [6.07, 6.45) is 25.0. The van der Waals surface area contributed by atoms with Crippen molar-refractivity contribution in [1.29, 1.82) is 0 Å². The number of hydrogen-bond acceptors (Lipinski definition) is 6. The van der Waals surface area contributed by atoms with Gasteiger partial charge in [-0.2, -0.15) is 0 Å². The summed E-state index contributed by atoms with van der Waals surface area (Å²) in [5, 5.41) is 5.73. The molecule has 0 aliphatic heterocycles. The normalized spacial score (nSPS) is 11.6. The van der Waals surface area contributed by atoms with Gasteiger partial charge in [0.1, 0.15) is 0 Å². The Labute approximate surface area is 271 Å². The van der Waals surface area contributed by atoms with E-state index in [9.17, 15) is 9.59 Å². The second-order valence-corrected chi connectivity index (χ2v) is 11.9. The fourth-order valence-electron chi connectivity index (χ4n) is 4.66. The maximum atomic E-state index is 12.0. The largest absolute Gasteiger partial charge is 0.379 e. The zero-order valence-electron chi connectivity index (χ0n) is 28.7. The zero-order valence-corrected chi connectivity index (χ0v) is 28.7. The van der Waals surface area contributed by atoms with Gasteiger partial charge in [-0.1, -0.05) is 90.4 Å². The third-order valence-electron chi connectivity index (χ3n) is 7.45. The summed E-state index contributed by atoms with van der Waals surface area (Å²) in [4.78, 5) is 23.3. The fraction of sp³-hybridized carbons (Fsp3) is 0.889. The van der Waals surface area contributed by atoms with Crippen molar-refractivity contribution >= 4 is 11.8 Å². The first kappa shape index (κ1) is 42.3. The first-order valence-electron chi connectivity index (χ1n) is 18.1. The number of nitrogens with two attached hydrogens (primary N) is 1. The van der Waals surface area contributed by atoms with Crippen molar-refractivity contribution in [2.24, 2.45) is 5.73 Å². The highest BCUT2D eigenvalue weighted by atomic mass is 16.5. The van der Waals surface area contributed by atoms with Gasteiger partial charge in [0.25, 0.3) is 0 Å². The van der Waals surface area contributed by atoms with E-state index in [1.54, 1.807) is 6.92 Å². The lowest BCUT2D eigenvalue weighted by molar-refractivity contribution is -0.122. The molecule has 2 amide bonds. The van der Waals surface area contributed by atoms with Crippen LogP contribution in [0.2, 0.25) is 0 Å². The Morgan fingerprint density at radius 2 is 0.977 bits per heavy atom. The van der Waals surface area contributed by atoms with Crippen molar-refractivity contribution in [2.45, 2.75) is 155 Å². The highest BCUT2D eigenvalue weighted by Crippen LogP contribution is 2.11. The molecule has 0 fully saturated rings. The van der Waals surface area contributed by atoms with Gasteiger partial charge in [-0.25, -0.2) is 0 Å². The molecule has 0 saturated heterocycles. The van der Waals surface area contributed by atoms with Crippen LogP contribution >= 0.6 is 0 Å². The van der Waals surface area contributed by atoms with E-state index in [-0.39, 0.29) is 11.8 Å². The van der Waals surface area contributed by atoms with Gasteiger partial charge in [0.05, 0.1) is 32.5 Å². The van der Waals surface area contributed by atoms with E-state index < -0.39 is 6.04 Å². The molecule has 1 unspecified atom stereocenters. The summed E-state index contributed by atoms with van der Waals surface area (Å²) in [5.41, 5.74) is 5.48. The van der Waals surface area contributed by atoms with E-state index in [2.05, 4.69) is 29.4 Å². The van der Waals surface area contributed by atoms with Crippen LogP contribution in [0.5, 0.6) is 0 Å². The number of unbranched alkanes of at least 4 members (excludes halogenated alkanes) is 16. The van der Waals surface area contributed by atoms with Gasteiger partial charge in [0, 0.05) is 45.6 Å². The SMILES string of the molecule is CCCCCCCCCCCCC#CCCCCCCCCC(=O)NCCCOCCOCCOCCCNC(=O)C(C)N. The number of ether oxygens (including phenoxy) is 3. The molecule has 4 N–H and O–H groups in total. The van der Waals surface area contributed by atoms with Crippen LogP contribution in [0.25, 0.3) is 0 Å². The highest BCUT2D eigenvalue weighted by molar-refractivity contribution is 5.80. The van der Waals surface area contributed by atoms with E-state index >= 15 is 0 Å². The molecule has 44 heavy (non-hydrogen) atoms. The van der Waals surface area contributed by atoms with E-state index in [4.69, 9.17) is 19.9 Å². The summed E-state index contributed by atoms with van der Waals surface area (Å²) in [6, 6.07) is -0.481. The quantitative estimate of drug-likeness (QED) is 0.0546. The Kier molecular flexibility index (Phi) is 34.5. The second kappa shape index (κ2) is 35.8. The molecule has 0 heterocycles. The van der Waals surface area contributed by atoms with Crippen LogP contribution in [0.15, 0.2) is 0 Å². The molecule has 0 radical (unpaired) electrons. The third kappa shape index (κ3) is 34.8. The van der Waals surface area contributed by atoms with Gasteiger partial charge < -0.3 is 30.6 Å². The molecule has 0 saturated carbocycles. The summed E-state index contributed by atoms with van der Waals surface area (Å²) >= 11 is 0. The Hall–Kier alpha value is -1.66. The van der Waals surface area contributed by atoms with Gasteiger partial charge in [-0.15, -0.1) is 11.8 Å². The van der Waals surface area contributed by atoms with Crippen LogP contribution in [-0.4, -0.2) is 70.6 Å². The maximum Gasteiger partial charge on any atom is 0.236 e. The minimum atomic E-state index is -0.481.